The standard InChI is InChI=1S/C21H25F2N5O2/c1-13-9-17-19(16-7-6-15(29-3)10-18(16)30-20(22)23)25-26-21(28(17)11-13)24-14-5-4-8-27(2)12-14/h6-7,9-11,14,20H,4-5,8,12H2,1-3H3,(H,24,26). The molecule has 1 fully saturated rings. The maximum atomic E-state index is 13.0. The summed E-state index contributed by atoms with van der Waals surface area (Å²) in [5.41, 5.74) is 2.67. The number of alkyl halides is 2. The molecule has 1 atom stereocenters. The molecule has 0 radical (unpaired) electrons. The molecule has 1 saturated heterocycles. The fourth-order valence-corrected chi connectivity index (χ4v) is 3.93. The molecule has 1 N–H and O–H groups in total. The summed E-state index contributed by atoms with van der Waals surface area (Å²) in [7, 11) is 3.57. The van der Waals surface area contributed by atoms with Crippen molar-refractivity contribution in [1.29, 1.82) is 0 Å². The van der Waals surface area contributed by atoms with E-state index in [1.807, 2.05) is 23.6 Å². The minimum atomic E-state index is -2.96. The first kappa shape index (κ1) is 20.3. The Labute approximate surface area is 173 Å². The molecule has 0 aliphatic carbocycles. The molecule has 0 amide bonds. The summed E-state index contributed by atoms with van der Waals surface area (Å²) < 4.78 is 37.8. The van der Waals surface area contributed by atoms with Crippen molar-refractivity contribution in [3.8, 4) is 22.8 Å². The molecule has 1 unspecified atom stereocenters. The van der Waals surface area contributed by atoms with Gasteiger partial charge in [-0.3, -0.25) is 4.40 Å². The second-order valence-electron chi connectivity index (χ2n) is 7.63. The Morgan fingerprint density at radius 2 is 2.07 bits per heavy atom. The summed E-state index contributed by atoms with van der Waals surface area (Å²) in [5, 5.41) is 12.3. The van der Waals surface area contributed by atoms with Crippen LogP contribution in [0.25, 0.3) is 16.8 Å². The number of aromatic nitrogens is 3. The van der Waals surface area contributed by atoms with Crippen molar-refractivity contribution < 1.29 is 18.3 Å². The Bertz CT molecular complexity index is 1040. The highest BCUT2D eigenvalue weighted by Gasteiger charge is 2.21. The van der Waals surface area contributed by atoms with Gasteiger partial charge in [-0.05, 0) is 57.1 Å². The first-order valence-corrected chi connectivity index (χ1v) is 9.88. The number of likely N-dealkylation sites (tertiary alicyclic amines) is 1. The largest absolute Gasteiger partial charge is 0.497 e. The van der Waals surface area contributed by atoms with Crippen LogP contribution in [0.5, 0.6) is 11.5 Å². The number of fused-ring (bicyclic) bond motifs is 1. The molecule has 9 heteroatoms. The lowest BCUT2D eigenvalue weighted by molar-refractivity contribution is -0.0495. The first-order valence-electron chi connectivity index (χ1n) is 9.88. The number of ether oxygens (including phenoxy) is 2. The van der Waals surface area contributed by atoms with E-state index < -0.39 is 6.61 Å². The fourth-order valence-electron chi connectivity index (χ4n) is 3.93. The first-order chi connectivity index (χ1) is 14.4. The van der Waals surface area contributed by atoms with Crippen molar-refractivity contribution >= 4 is 11.5 Å². The van der Waals surface area contributed by atoms with Crippen molar-refractivity contribution in [2.45, 2.75) is 32.4 Å². The number of methoxy groups -OCH3 is 1. The van der Waals surface area contributed by atoms with Crippen LogP contribution < -0.4 is 14.8 Å². The van der Waals surface area contributed by atoms with E-state index in [2.05, 4.69) is 27.5 Å². The van der Waals surface area contributed by atoms with Gasteiger partial charge in [0.15, 0.2) is 0 Å². The highest BCUT2D eigenvalue weighted by atomic mass is 19.3. The second-order valence-corrected chi connectivity index (χ2v) is 7.63. The summed E-state index contributed by atoms with van der Waals surface area (Å²) in [5.74, 6) is 1.05. The zero-order valence-electron chi connectivity index (χ0n) is 17.2. The number of rotatable bonds is 6. The van der Waals surface area contributed by atoms with Crippen molar-refractivity contribution in [2.75, 3.05) is 32.6 Å². The molecule has 3 aromatic rings. The fraction of sp³-hybridized carbons (Fsp3) is 0.429. The third kappa shape index (κ3) is 4.16. The van der Waals surface area contributed by atoms with Gasteiger partial charge < -0.3 is 19.7 Å². The third-order valence-corrected chi connectivity index (χ3v) is 5.29. The molecule has 4 rings (SSSR count). The number of benzene rings is 1. The molecule has 0 spiro atoms. The predicted octanol–water partition coefficient (Wildman–Crippen LogP) is 3.82. The minimum Gasteiger partial charge on any atom is -0.497 e. The quantitative estimate of drug-likeness (QED) is 0.658. The van der Waals surface area contributed by atoms with Crippen LogP contribution in [0, 0.1) is 6.92 Å². The molecule has 7 nitrogen and oxygen atoms in total. The zero-order valence-corrected chi connectivity index (χ0v) is 17.2. The molecule has 2 aromatic heterocycles. The average molecular weight is 417 g/mol. The molecule has 0 saturated carbocycles. The van der Waals surface area contributed by atoms with E-state index in [1.54, 1.807) is 12.1 Å². The SMILES string of the molecule is COc1ccc(-c2nnc(NC3CCCN(C)C3)n3cc(C)cc23)c(OC(F)F)c1. The van der Waals surface area contributed by atoms with Gasteiger partial charge in [-0.1, -0.05) is 0 Å². The van der Waals surface area contributed by atoms with Crippen LogP contribution in [0.3, 0.4) is 0 Å². The molecular weight excluding hydrogens is 392 g/mol. The Hall–Kier alpha value is -2.94. The topological polar surface area (TPSA) is 63.9 Å². The van der Waals surface area contributed by atoms with E-state index in [0.717, 1.165) is 37.0 Å². The Morgan fingerprint density at radius 3 is 2.80 bits per heavy atom. The van der Waals surface area contributed by atoms with Crippen LogP contribution >= 0.6 is 0 Å². The highest BCUT2D eigenvalue weighted by Crippen LogP contribution is 2.36. The van der Waals surface area contributed by atoms with Gasteiger partial charge in [0.05, 0.1) is 12.6 Å². The van der Waals surface area contributed by atoms with Crippen molar-refractivity contribution in [2.24, 2.45) is 0 Å². The van der Waals surface area contributed by atoms with Gasteiger partial charge in [0, 0.05) is 30.4 Å². The predicted molar refractivity (Wildman–Crippen MR) is 110 cm³/mol. The van der Waals surface area contributed by atoms with E-state index in [4.69, 9.17) is 9.47 Å². The normalized spacial score (nSPS) is 17.5. The number of likely N-dealkylation sites (N-methyl/N-ethyl adjacent to an activating group) is 1. The van der Waals surface area contributed by atoms with Crippen LogP contribution in [-0.2, 0) is 0 Å². The van der Waals surface area contributed by atoms with Gasteiger partial charge in [0.25, 0.3) is 0 Å². The van der Waals surface area contributed by atoms with Crippen molar-refractivity contribution in [3.63, 3.8) is 0 Å². The summed E-state index contributed by atoms with van der Waals surface area (Å²) in [6.07, 6.45) is 4.13. The maximum Gasteiger partial charge on any atom is 0.387 e. The van der Waals surface area contributed by atoms with Gasteiger partial charge in [0.1, 0.15) is 17.2 Å². The van der Waals surface area contributed by atoms with E-state index in [1.165, 1.54) is 13.2 Å². The average Bonchev–Trinajstić information content (AvgIpc) is 3.10. The number of nitrogens with one attached hydrogen (secondary N) is 1. The Balaban J connectivity index is 1.76. The number of anilines is 1. The Kier molecular flexibility index (Phi) is 5.72. The summed E-state index contributed by atoms with van der Waals surface area (Å²) in [6.45, 7) is 1.03. The highest BCUT2D eigenvalue weighted by molar-refractivity contribution is 5.82. The van der Waals surface area contributed by atoms with Crippen LogP contribution in [0.1, 0.15) is 18.4 Å². The van der Waals surface area contributed by atoms with Gasteiger partial charge in [-0.25, -0.2) is 0 Å². The van der Waals surface area contributed by atoms with Crippen LogP contribution in [-0.4, -0.2) is 59.4 Å². The van der Waals surface area contributed by atoms with Gasteiger partial charge in [-0.2, -0.15) is 8.78 Å². The molecule has 160 valence electrons. The zero-order chi connectivity index (χ0) is 21.3. The molecule has 1 aliphatic rings. The Morgan fingerprint density at radius 1 is 1.23 bits per heavy atom. The minimum absolute atomic E-state index is 0.00554. The van der Waals surface area contributed by atoms with E-state index >= 15 is 0 Å². The number of hydrogen-bond donors (Lipinski definition) is 1. The van der Waals surface area contributed by atoms with Crippen molar-refractivity contribution in [3.05, 3.63) is 36.0 Å². The molecule has 1 aromatic carbocycles. The molecule has 0 bridgehead atoms. The van der Waals surface area contributed by atoms with Gasteiger partial charge in [0.2, 0.25) is 5.95 Å². The molecular formula is C21H25F2N5O2. The molecule has 1 aliphatic heterocycles. The summed E-state index contributed by atoms with van der Waals surface area (Å²) >= 11 is 0. The van der Waals surface area contributed by atoms with Crippen molar-refractivity contribution in [1.82, 2.24) is 19.5 Å². The lowest BCUT2D eigenvalue weighted by atomic mass is 10.1. The maximum absolute atomic E-state index is 13.0. The van der Waals surface area contributed by atoms with E-state index in [0.29, 0.717) is 23.0 Å². The summed E-state index contributed by atoms with van der Waals surface area (Å²) in [6, 6.07) is 7.00. The van der Waals surface area contributed by atoms with Gasteiger partial charge in [-0.15, -0.1) is 10.2 Å². The van der Waals surface area contributed by atoms with Crippen LogP contribution in [0.15, 0.2) is 30.5 Å². The lowest BCUT2D eigenvalue weighted by Crippen LogP contribution is -2.40. The van der Waals surface area contributed by atoms with Crippen LogP contribution in [0.2, 0.25) is 0 Å². The number of nitrogens with zero attached hydrogens (tertiary/aromatic N) is 4. The lowest BCUT2D eigenvalue weighted by Gasteiger charge is -2.30. The molecule has 30 heavy (non-hydrogen) atoms. The number of piperidine rings is 1. The number of halogens is 2. The second kappa shape index (κ2) is 8.43. The van der Waals surface area contributed by atoms with Gasteiger partial charge >= 0.3 is 6.61 Å². The molecule has 3 heterocycles. The number of aryl methyl sites for hydroxylation is 1. The van der Waals surface area contributed by atoms with Crippen LogP contribution in [0.4, 0.5) is 14.7 Å². The van der Waals surface area contributed by atoms with E-state index in [9.17, 15) is 8.78 Å². The third-order valence-electron chi connectivity index (χ3n) is 5.29. The number of hydrogen-bond acceptors (Lipinski definition) is 6. The smallest absolute Gasteiger partial charge is 0.387 e. The summed E-state index contributed by atoms with van der Waals surface area (Å²) in [4.78, 5) is 2.28. The monoisotopic (exact) mass is 417 g/mol. The van der Waals surface area contributed by atoms with E-state index in [-0.39, 0.29) is 11.8 Å².